The summed E-state index contributed by atoms with van der Waals surface area (Å²) >= 11 is 12.3. The van der Waals surface area contributed by atoms with Crippen LogP contribution in [0.15, 0.2) is 48.5 Å². The Bertz CT molecular complexity index is 1370. The second-order valence-corrected chi connectivity index (χ2v) is 9.68. The van der Waals surface area contributed by atoms with Gasteiger partial charge in [-0.15, -0.1) is 0 Å². The van der Waals surface area contributed by atoms with Crippen molar-refractivity contribution < 1.29 is 28.2 Å². The molecular weight excluding hydrogens is 534 g/mol. The molecule has 0 N–H and O–H groups in total. The van der Waals surface area contributed by atoms with Gasteiger partial charge in [0.2, 0.25) is 0 Å². The highest BCUT2D eigenvalue weighted by atomic mass is 35.5. The number of halogens is 3. The predicted octanol–water partition coefficient (Wildman–Crippen LogP) is 5.81. The molecule has 0 aromatic heterocycles. The van der Waals surface area contributed by atoms with E-state index in [0.29, 0.717) is 37.6 Å². The third-order valence-corrected chi connectivity index (χ3v) is 7.08. The maximum Gasteiger partial charge on any atom is 0.340 e. The summed E-state index contributed by atoms with van der Waals surface area (Å²) in [6, 6.07) is 13.4. The average molecular weight is 559 g/mol. The molecule has 5 rings (SSSR count). The highest BCUT2D eigenvalue weighted by molar-refractivity contribution is 6.39. The first kappa shape index (κ1) is 26.3. The number of nitrogens with zero attached hydrogens (tertiary/aromatic N) is 2. The number of carbonyl (C=O) groups is 2. The largest absolute Gasteiger partial charge is 0.472 e. The van der Waals surface area contributed by atoms with Gasteiger partial charge in [0.25, 0.3) is 5.91 Å². The topological polar surface area (TPSA) is 68.3 Å². The molecule has 1 amide bonds. The number of rotatable bonds is 5. The van der Waals surface area contributed by atoms with Gasteiger partial charge in [-0.25, -0.2) is 9.18 Å². The van der Waals surface area contributed by atoms with Crippen molar-refractivity contribution in [2.24, 2.45) is 0 Å². The van der Waals surface area contributed by atoms with Gasteiger partial charge >= 0.3 is 5.97 Å². The minimum atomic E-state index is -0.619. The van der Waals surface area contributed by atoms with Crippen LogP contribution in [0.1, 0.15) is 33.2 Å². The molecule has 0 radical (unpaired) electrons. The smallest absolute Gasteiger partial charge is 0.340 e. The van der Waals surface area contributed by atoms with E-state index in [1.165, 1.54) is 4.90 Å². The lowest BCUT2D eigenvalue weighted by molar-refractivity contribution is 0.0512. The quantitative estimate of drug-likeness (QED) is 0.368. The molecule has 3 aromatic rings. The Morgan fingerprint density at radius 3 is 2.50 bits per heavy atom. The second-order valence-electron chi connectivity index (χ2n) is 8.87. The van der Waals surface area contributed by atoms with Crippen LogP contribution in [0.25, 0.3) is 11.1 Å². The van der Waals surface area contributed by atoms with Gasteiger partial charge in [0.05, 0.1) is 53.2 Å². The molecule has 10 heteroatoms. The van der Waals surface area contributed by atoms with Crippen molar-refractivity contribution >= 4 is 40.8 Å². The Balaban J connectivity index is 1.47. The molecule has 38 heavy (non-hydrogen) atoms. The number of amides is 1. The molecule has 0 saturated carbocycles. The lowest BCUT2D eigenvalue weighted by Gasteiger charge is -2.32. The molecule has 3 aromatic carbocycles. The molecule has 0 bridgehead atoms. The molecule has 2 heterocycles. The second kappa shape index (κ2) is 11.2. The van der Waals surface area contributed by atoms with E-state index in [1.54, 1.807) is 13.0 Å². The maximum absolute atomic E-state index is 13.6. The van der Waals surface area contributed by atoms with Crippen LogP contribution in [0, 0.1) is 5.82 Å². The third-order valence-electron chi connectivity index (χ3n) is 6.49. The van der Waals surface area contributed by atoms with Crippen LogP contribution in [0.4, 0.5) is 10.1 Å². The van der Waals surface area contributed by atoms with Gasteiger partial charge in [-0.05, 0) is 36.8 Å². The molecule has 7 nitrogen and oxygen atoms in total. The molecule has 198 valence electrons. The molecule has 1 saturated heterocycles. The van der Waals surface area contributed by atoms with Crippen LogP contribution in [0.5, 0.6) is 5.75 Å². The molecule has 0 aliphatic carbocycles. The highest BCUT2D eigenvalue weighted by Crippen LogP contribution is 2.39. The number of esters is 1. The van der Waals surface area contributed by atoms with Crippen LogP contribution >= 0.6 is 23.2 Å². The summed E-state index contributed by atoms with van der Waals surface area (Å²) in [6.45, 7) is 4.74. The van der Waals surface area contributed by atoms with Crippen molar-refractivity contribution in [3.05, 3.63) is 81.1 Å². The average Bonchev–Trinajstić information content (AvgIpc) is 2.92. The number of hydrogen-bond acceptors (Lipinski definition) is 6. The minimum absolute atomic E-state index is 0.0302. The van der Waals surface area contributed by atoms with Crippen molar-refractivity contribution in [3.8, 4) is 16.9 Å². The van der Waals surface area contributed by atoms with E-state index in [0.717, 1.165) is 34.5 Å². The maximum atomic E-state index is 13.6. The van der Waals surface area contributed by atoms with Gasteiger partial charge in [-0.3, -0.25) is 4.79 Å². The summed E-state index contributed by atoms with van der Waals surface area (Å²) in [4.78, 5) is 29.5. The molecule has 0 spiro atoms. The number of ether oxygens (including phenoxy) is 3. The fourth-order valence-corrected chi connectivity index (χ4v) is 5.30. The van der Waals surface area contributed by atoms with Gasteiger partial charge in [0, 0.05) is 24.2 Å². The van der Waals surface area contributed by atoms with E-state index in [1.807, 2.05) is 30.3 Å². The fraction of sp³-hybridized carbons (Fsp3) is 0.286. The highest BCUT2D eigenvalue weighted by Gasteiger charge is 2.29. The van der Waals surface area contributed by atoms with Gasteiger partial charge in [-0.2, -0.15) is 0 Å². The number of benzene rings is 3. The molecular formula is C28H25Cl2FN2O5. The lowest BCUT2D eigenvalue weighted by Crippen LogP contribution is -2.37. The SMILES string of the molecule is CCOC(=O)c1ccc(-c2cccc3c2OCN(C(=O)c2c(Cl)cc(F)cc2Cl)C3)cc1N1CCOCC1. The number of hydrogen-bond donors (Lipinski definition) is 0. The lowest BCUT2D eigenvalue weighted by atomic mass is 9.97. The summed E-state index contributed by atoms with van der Waals surface area (Å²) in [5.41, 5.74) is 3.78. The van der Waals surface area contributed by atoms with Crippen molar-refractivity contribution in [2.75, 3.05) is 44.5 Å². The number of anilines is 1. The molecule has 2 aliphatic rings. The van der Waals surface area contributed by atoms with E-state index >= 15 is 0 Å². The Labute approximate surface area is 229 Å². The molecule has 0 atom stereocenters. The Kier molecular flexibility index (Phi) is 7.74. The summed E-state index contributed by atoms with van der Waals surface area (Å²) in [7, 11) is 0. The van der Waals surface area contributed by atoms with Crippen LogP contribution in [0.2, 0.25) is 10.0 Å². The van der Waals surface area contributed by atoms with E-state index in [4.69, 9.17) is 37.4 Å². The third kappa shape index (κ3) is 5.16. The Morgan fingerprint density at radius 1 is 1.05 bits per heavy atom. The first-order valence-corrected chi connectivity index (χ1v) is 13.0. The number of para-hydroxylation sites is 1. The van der Waals surface area contributed by atoms with E-state index in [9.17, 15) is 14.0 Å². The van der Waals surface area contributed by atoms with Crippen LogP contribution in [-0.2, 0) is 16.0 Å². The van der Waals surface area contributed by atoms with Crippen LogP contribution in [-0.4, -0.2) is 56.4 Å². The summed E-state index contributed by atoms with van der Waals surface area (Å²) < 4.78 is 30.5. The zero-order valence-electron chi connectivity index (χ0n) is 20.6. The van der Waals surface area contributed by atoms with Gasteiger partial charge in [0.1, 0.15) is 11.6 Å². The molecule has 0 unspecified atom stereocenters. The molecule has 2 aliphatic heterocycles. The summed E-state index contributed by atoms with van der Waals surface area (Å²) in [5.74, 6) is -0.805. The van der Waals surface area contributed by atoms with E-state index in [-0.39, 0.29) is 41.5 Å². The Hall–Kier alpha value is -3.33. The van der Waals surface area contributed by atoms with Gasteiger partial charge in [0.15, 0.2) is 6.73 Å². The van der Waals surface area contributed by atoms with Crippen molar-refractivity contribution in [3.63, 3.8) is 0 Å². The predicted molar refractivity (Wildman–Crippen MR) is 143 cm³/mol. The van der Waals surface area contributed by atoms with Crippen LogP contribution in [0.3, 0.4) is 0 Å². The van der Waals surface area contributed by atoms with Crippen molar-refractivity contribution in [1.29, 1.82) is 0 Å². The van der Waals surface area contributed by atoms with Gasteiger partial charge in [-0.1, -0.05) is 47.5 Å². The fourth-order valence-electron chi connectivity index (χ4n) is 4.68. The molecule has 1 fully saturated rings. The van der Waals surface area contributed by atoms with Crippen molar-refractivity contribution in [1.82, 2.24) is 4.90 Å². The normalized spacial score (nSPS) is 15.1. The summed E-state index contributed by atoms with van der Waals surface area (Å²) in [6.07, 6.45) is 0. The zero-order chi connectivity index (χ0) is 26.8. The van der Waals surface area contributed by atoms with E-state index in [2.05, 4.69) is 4.90 Å². The zero-order valence-corrected chi connectivity index (χ0v) is 22.1. The van der Waals surface area contributed by atoms with Gasteiger partial charge < -0.3 is 24.0 Å². The first-order chi connectivity index (χ1) is 18.4. The number of fused-ring (bicyclic) bond motifs is 1. The van der Waals surface area contributed by atoms with Crippen LogP contribution < -0.4 is 9.64 Å². The monoisotopic (exact) mass is 558 g/mol. The standard InChI is InChI=1S/C28H25Cl2FN2O5/c1-2-37-28(35)21-7-6-17(12-24(21)32-8-10-36-11-9-32)20-5-3-4-18-15-33(16-38-26(18)20)27(34)25-22(29)13-19(31)14-23(25)30/h3-7,12-14H,2,8-11,15-16H2,1H3. The number of morpholine rings is 1. The summed E-state index contributed by atoms with van der Waals surface area (Å²) in [5, 5.41) is -0.117. The first-order valence-electron chi connectivity index (χ1n) is 12.2. The Morgan fingerprint density at radius 2 is 1.79 bits per heavy atom. The minimum Gasteiger partial charge on any atom is -0.472 e. The van der Waals surface area contributed by atoms with E-state index < -0.39 is 11.7 Å². The van der Waals surface area contributed by atoms with Crippen molar-refractivity contribution in [2.45, 2.75) is 13.5 Å². The number of carbonyl (C=O) groups excluding carboxylic acids is 2.